The Morgan fingerprint density at radius 1 is 1.37 bits per heavy atom. The fraction of sp³-hybridized carbons (Fsp3) is 0.500. The van der Waals surface area contributed by atoms with Gasteiger partial charge in [0.15, 0.2) is 5.16 Å². The third-order valence-corrected chi connectivity index (χ3v) is 4.22. The molecule has 19 heavy (non-hydrogen) atoms. The lowest BCUT2D eigenvalue weighted by molar-refractivity contribution is 0.433. The molecule has 1 saturated carbocycles. The zero-order chi connectivity index (χ0) is 13.7. The monoisotopic (exact) mass is 274 g/mol. The molecule has 1 fully saturated rings. The van der Waals surface area contributed by atoms with E-state index in [-0.39, 0.29) is 0 Å². The van der Waals surface area contributed by atoms with Crippen molar-refractivity contribution in [3.8, 4) is 6.07 Å². The summed E-state index contributed by atoms with van der Waals surface area (Å²) in [5.41, 5.74) is 7.21. The van der Waals surface area contributed by atoms with E-state index in [1.807, 2.05) is 6.08 Å². The Balaban J connectivity index is 2.34. The van der Waals surface area contributed by atoms with Gasteiger partial charge in [-0.2, -0.15) is 5.26 Å². The van der Waals surface area contributed by atoms with Crippen LogP contribution in [0.15, 0.2) is 17.8 Å². The zero-order valence-electron chi connectivity index (χ0n) is 10.9. The first kappa shape index (κ1) is 13.9. The highest BCUT2D eigenvalue weighted by Gasteiger charge is 2.23. The van der Waals surface area contributed by atoms with E-state index in [4.69, 9.17) is 5.73 Å². The van der Waals surface area contributed by atoms with Crippen molar-refractivity contribution < 1.29 is 0 Å². The van der Waals surface area contributed by atoms with Crippen LogP contribution in [0.4, 0.5) is 5.82 Å². The van der Waals surface area contributed by atoms with E-state index in [0.29, 0.717) is 22.5 Å². The lowest BCUT2D eigenvalue weighted by atomic mass is 9.85. The number of nitriles is 1. The number of thioether (sulfide) groups is 1. The minimum absolute atomic E-state index is 0.310. The Bertz CT molecular complexity index is 501. The molecule has 5 heteroatoms. The second-order valence-corrected chi connectivity index (χ2v) is 5.69. The van der Waals surface area contributed by atoms with Crippen molar-refractivity contribution >= 4 is 17.6 Å². The fourth-order valence-corrected chi connectivity index (χ4v) is 3.05. The van der Waals surface area contributed by atoms with E-state index in [9.17, 15) is 5.26 Å². The standard InChI is InChI=1S/C14H18N4S/c1-2-8-19-14-17-12(10-6-4-3-5-7-10)11(9-15)13(16)18-14/h2,10H,1,3-8H2,(H2,16,17,18). The van der Waals surface area contributed by atoms with Gasteiger partial charge in [-0.3, -0.25) is 0 Å². The normalized spacial score (nSPS) is 15.9. The van der Waals surface area contributed by atoms with Crippen LogP contribution in [0, 0.1) is 11.3 Å². The number of hydrogen-bond donors (Lipinski definition) is 1. The lowest BCUT2D eigenvalue weighted by Gasteiger charge is -2.22. The quantitative estimate of drug-likeness (QED) is 0.518. The van der Waals surface area contributed by atoms with Gasteiger partial charge in [-0.25, -0.2) is 9.97 Å². The summed E-state index contributed by atoms with van der Waals surface area (Å²) in [4.78, 5) is 8.76. The topological polar surface area (TPSA) is 75.6 Å². The Morgan fingerprint density at radius 2 is 2.11 bits per heavy atom. The summed E-state index contributed by atoms with van der Waals surface area (Å²) in [5, 5.41) is 9.91. The number of nitrogens with zero attached hydrogens (tertiary/aromatic N) is 3. The zero-order valence-corrected chi connectivity index (χ0v) is 11.7. The van der Waals surface area contributed by atoms with Crippen molar-refractivity contribution in [2.24, 2.45) is 0 Å². The molecule has 1 heterocycles. The summed E-state index contributed by atoms with van der Waals surface area (Å²) in [6.45, 7) is 3.68. The van der Waals surface area contributed by atoms with Gasteiger partial charge in [0.1, 0.15) is 17.5 Å². The van der Waals surface area contributed by atoms with Gasteiger partial charge in [0.2, 0.25) is 0 Å². The van der Waals surface area contributed by atoms with E-state index in [1.165, 1.54) is 31.0 Å². The van der Waals surface area contributed by atoms with Crippen molar-refractivity contribution in [3.05, 3.63) is 23.9 Å². The first-order chi connectivity index (χ1) is 9.26. The maximum atomic E-state index is 9.26. The highest BCUT2D eigenvalue weighted by Crippen LogP contribution is 2.35. The molecular weight excluding hydrogens is 256 g/mol. The van der Waals surface area contributed by atoms with Crippen molar-refractivity contribution in [1.29, 1.82) is 5.26 Å². The molecular formula is C14H18N4S. The number of rotatable bonds is 4. The predicted octanol–water partition coefficient (Wildman–Crippen LogP) is 3.26. The van der Waals surface area contributed by atoms with Crippen LogP contribution < -0.4 is 5.73 Å². The van der Waals surface area contributed by atoms with Gasteiger partial charge in [-0.1, -0.05) is 37.1 Å². The Morgan fingerprint density at radius 3 is 2.74 bits per heavy atom. The summed E-state index contributed by atoms with van der Waals surface area (Å²) < 4.78 is 0. The van der Waals surface area contributed by atoms with Crippen LogP contribution in [-0.4, -0.2) is 15.7 Å². The molecule has 2 rings (SSSR count). The van der Waals surface area contributed by atoms with E-state index >= 15 is 0 Å². The number of hydrogen-bond acceptors (Lipinski definition) is 5. The van der Waals surface area contributed by atoms with Gasteiger partial charge in [-0.15, -0.1) is 6.58 Å². The maximum absolute atomic E-state index is 9.26. The van der Waals surface area contributed by atoms with Gasteiger partial charge in [0.05, 0.1) is 5.69 Å². The fourth-order valence-electron chi connectivity index (χ4n) is 2.46. The molecule has 0 amide bonds. The van der Waals surface area contributed by atoms with Gasteiger partial charge < -0.3 is 5.73 Å². The molecule has 1 aromatic rings. The summed E-state index contributed by atoms with van der Waals surface area (Å²) >= 11 is 1.50. The van der Waals surface area contributed by atoms with E-state index in [2.05, 4.69) is 22.6 Å². The summed E-state index contributed by atoms with van der Waals surface area (Å²) in [6, 6.07) is 2.17. The van der Waals surface area contributed by atoms with E-state index in [0.717, 1.165) is 24.3 Å². The van der Waals surface area contributed by atoms with Crippen LogP contribution in [0.1, 0.15) is 49.3 Å². The number of aromatic nitrogens is 2. The first-order valence-electron chi connectivity index (χ1n) is 6.57. The SMILES string of the molecule is C=CCSc1nc(N)c(C#N)c(C2CCCCC2)n1. The molecule has 0 spiro atoms. The van der Waals surface area contributed by atoms with Crippen LogP contribution in [0.5, 0.6) is 0 Å². The van der Waals surface area contributed by atoms with Crippen molar-refractivity contribution in [2.45, 2.75) is 43.2 Å². The Hall–Kier alpha value is -1.54. The second kappa shape index (κ2) is 6.58. The van der Waals surface area contributed by atoms with Crippen LogP contribution in [0.2, 0.25) is 0 Å². The first-order valence-corrected chi connectivity index (χ1v) is 7.56. The largest absolute Gasteiger partial charge is 0.382 e. The van der Waals surface area contributed by atoms with Crippen molar-refractivity contribution in [2.75, 3.05) is 11.5 Å². The summed E-state index contributed by atoms with van der Waals surface area (Å²) in [7, 11) is 0. The minimum atomic E-state index is 0.310. The molecule has 1 aromatic heterocycles. The van der Waals surface area contributed by atoms with Gasteiger partial charge in [-0.05, 0) is 12.8 Å². The van der Waals surface area contributed by atoms with Crippen LogP contribution in [0.25, 0.3) is 0 Å². The smallest absolute Gasteiger partial charge is 0.190 e. The average Bonchev–Trinajstić information content (AvgIpc) is 2.45. The van der Waals surface area contributed by atoms with Crippen molar-refractivity contribution in [1.82, 2.24) is 9.97 Å². The molecule has 0 bridgehead atoms. The summed E-state index contributed by atoms with van der Waals surface area (Å²) in [5.74, 6) is 1.41. The Kier molecular flexibility index (Phi) is 4.80. The van der Waals surface area contributed by atoms with E-state index in [1.54, 1.807) is 0 Å². The maximum Gasteiger partial charge on any atom is 0.190 e. The van der Waals surface area contributed by atoms with Gasteiger partial charge >= 0.3 is 0 Å². The number of anilines is 1. The van der Waals surface area contributed by atoms with Crippen LogP contribution in [-0.2, 0) is 0 Å². The van der Waals surface area contributed by atoms with Crippen molar-refractivity contribution in [3.63, 3.8) is 0 Å². The minimum Gasteiger partial charge on any atom is -0.382 e. The van der Waals surface area contributed by atoms with Gasteiger partial charge in [0.25, 0.3) is 0 Å². The van der Waals surface area contributed by atoms with Gasteiger partial charge in [0, 0.05) is 11.7 Å². The summed E-state index contributed by atoms with van der Waals surface area (Å²) in [6.07, 6.45) is 7.68. The highest BCUT2D eigenvalue weighted by molar-refractivity contribution is 7.99. The van der Waals surface area contributed by atoms with Crippen LogP contribution in [0.3, 0.4) is 0 Å². The molecule has 1 aliphatic carbocycles. The molecule has 100 valence electrons. The molecule has 0 atom stereocenters. The van der Waals surface area contributed by atoms with E-state index < -0.39 is 0 Å². The lowest BCUT2D eigenvalue weighted by Crippen LogP contribution is -2.12. The molecule has 0 saturated heterocycles. The molecule has 4 nitrogen and oxygen atoms in total. The Labute approximate surface area is 118 Å². The number of nitrogen functional groups attached to an aromatic ring is 1. The molecule has 0 aromatic carbocycles. The number of nitrogens with two attached hydrogens (primary N) is 1. The predicted molar refractivity (Wildman–Crippen MR) is 77.9 cm³/mol. The third-order valence-electron chi connectivity index (χ3n) is 3.38. The molecule has 1 aliphatic rings. The highest BCUT2D eigenvalue weighted by atomic mass is 32.2. The molecule has 0 unspecified atom stereocenters. The molecule has 2 N–H and O–H groups in total. The second-order valence-electron chi connectivity index (χ2n) is 4.70. The third kappa shape index (κ3) is 3.27. The average molecular weight is 274 g/mol. The molecule has 0 aliphatic heterocycles. The molecule has 0 radical (unpaired) electrons. The van der Waals surface area contributed by atoms with Crippen LogP contribution >= 0.6 is 11.8 Å².